The van der Waals surface area contributed by atoms with Crippen molar-refractivity contribution < 1.29 is 14.3 Å². The smallest absolute Gasteiger partial charge is 0.261 e. The maximum Gasteiger partial charge on any atom is 0.261 e. The summed E-state index contributed by atoms with van der Waals surface area (Å²) in [4.78, 5) is 12.4. The van der Waals surface area contributed by atoms with Gasteiger partial charge in [0.15, 0.2) is 6.10 Å². The number of hydrogen-bond donors (Lipinski definition) is 1. The Bertz CT molecular complexity index is 768. The van der Waals surface area contributed by atoms with Gasteiger partial charge in [-0.3, -0.25) is 4.79 Å². The summed E-state index contributed by atoms with van der Waals surface area (Å²) in [5, 5.41) is 2.95. The third kappa shape index (κ3) is 5.25. The monoisotopic (exact) mass is 367 g/mol. The molecule has 4 nitrogen and oxygen atoms in total. The highest BCUT2D eigenvalue weighted by Gasteiger charge is 2.19. The van der Waals surface area contributed by atoms with E-state index in [1.807, 2.05) is 50.2 Å². The van der Waals surface area contributed by atoms with Gasteiger partial charge in [0.1, 0.15) is 11.5 Å². The maximum absolute atomic E-state index is 12.4. The number of rotatable bonds is 7. The van der Waals surface area contributed by atoms with Crippen LogP contribution in [0.25, 0.3) is 0 Å². The van der Waals surface area contributed by atoms with E-state index in [-0.39, 0.29) is 12.0 Å². The first-order chi connectivity index (χ1) is 13.0. The average Bonchev–Trinajstić information content (AvgIpc) is 2.67. The predicted octanol–water partition coefficient (Wildman–Crippen LogP) is 4.44. The van der Waals surface area contributed by atoms with Crippen LogP contribution in [-0.2, 0) is 24.2 Å². The van der Waals surface area contributed by atoms with Gasteiger partial charge in [-0.1, -0.05) is 24.3 Å². The van der Waals surface area contributed by atoms with Crippen LogP contribution in [-0.4, -0.2) is 18.1 Å². The van der Waals surface area contributed by atoms with E-state index in [1.165, 1.54) is 24.0 Å². The first-order valence-electron chi connectivity index (χ1n) is 9.83. The molecule has 27 heavy (non-hydrogen) atoms. The lowest BCUT2D eigenvalue weighted by Gasteiger charge is -2.22. The molecule has 1 unspecified atom stereocenters. The summed E-state index contributed by atoms with van der Waals surface area (Å²) in [7, 11) is 0. The number of benzene rings is 2. The number of hydrogen-bond acceptors (Lipinski definition) is 3. The Morgan fingerprint density at radius 1 is 1.00 bits per heavy atom. The van der Waals surface area contributed by atoms with E-state index in [2.05, 4.69) is 11.4 Å². The number of amides is 1. The van der Waals surface area contributed by atoms with Crippen LogP contribution in [0.2, 0.25) is 0 Å². The molecular weight excluding hydrogens is 338 g/mol. The summed E-state index contributed by atoms with van der Waals surface area (Å²) in [6, 6.07) is 14.0. The molecule has 2 aromatic rings. The zero-order valence-corrected chi connectivity index (χ0v) is 16.5. The SMILES string of the molecule is CC(C)Oc1ccc(CNC(=O)C(C)Oc2cccc3c2CCCC3)cc1. The average molecular weight is 367 g/mol. The largest absolute Gasteiger partial charge is 0.491 e. The van der Waals surface area contributed by atoms with E-state index in [9.17, 15) is 4.79 Å². The molecule has 2 aromatic carbocycles. The fourth-order valence-electron chi connectivity index (χ4n) is 3.39. The lowest BCUT2D eigenvalue weighted by molar-refractivity contribution is -0.127. The highest BCUT2D eigenvalue weighted by Crippen LogP contribution is 2.30. The first-order valence-corrected chi connectivity index (χ1v) is 9.83. The summed E-state index contributed by atoms with van der Waals surface area (Å²) in [5.74, 6) is 1.58. The normalized spacial score (nSPS) is 14.4. The van der Waals surface area contributed by atoms with Gasteiger partial charge in [-0.15, -0.1) is 0 Å². The van der Waals surface area contributed by atoms with Crippen molar-refractivity contribution in [1.29, 1.82) is 0 Å². The molecule has 1 atom stereocenters. The van der Waals surface area contributed by atoms with Gasteiger partial charge in [0.2, 0.25) is 0 Å². The molecule has 3 rings (SSSR count). The van der Waals surface area contributed by atoms with Crippen LogP contribution in [0, 0.1) is 0 Å². The summed E-state index contributed by atoms with van der Waals surface area (Å²) in [5.41, 5.74) is 3.66. The molecule has 1 aliphatic carbocycles. The highest BCUT2D eigenvalue weighted by molar-refractivity contribution is 5.80. The lowest BCUT2D eigenvalue weighted by Crippen LogP contribution is -2.36. The summed E-state index contributed by atoms with van der Waals surface area (Å²) in [6.45, 7) is 6.28. The van der Waals surface area contributed by atoms with E-state index in [4.69, 9.17) is 9.47 Å². The van der Waals surface area contributed by atoms with E-state index in [1.54, 1.807) is 6.92 Å². The van der Waals surface area contributed by atoms with Crippen LogP contribution in [0.5, 0.6) is 11.5 Å². The van der Waals surface area contributed by atoms with Crippen molar-refractivity contribution in [3.63, 3.8) is 0 Å². The molecule has 1 N–H and O–H groups in total. The molecule has 0 heterocycles. The van der Waals surface area contributed by atoms with E-state index >= 15 is 0 Å². The minimum Gasteiger partial charge on any atom is -0.491 e. The van der Waals surface area contributed by atoms with E-state index in [0.717, 1.165) is 29.9 Å². The van der Waals surface area contributed by atoms with Gasteiger partial charge in [0.25, 0.3) is 5.91 Å². The molecule has 0 saturated heterocycles. The topological polar surface area (TPSA) is 47.6 Å². The molecule has 0 bridgehead atoms. The third-order valence-corrected chi connectivity index (χ3v) is 4.79. The van der Waals surface area contributed by atoms with Crippen molar-refractivity contribution in [2.45, 2.75) is 65.2 Å². The molecule has 0 fully saturated rings. The zero-order valence-electron chi connectivity index (χ0n) is 16.5. The molecule has 0 radical (unpaired) electrons. The number of aryl methyl sites for hydroxylation is 1. The standard InChI is InChI=1S/C23H29NO3/c1-16(2)26-20-13-11-18(12-14-20)15-24-23(25)17(3)27-22-10-6-8-19-7-4-5-9-21(19)22/h6,8,10-14,16-17H,4-5,7,9,15H2,1-3H3,(H,24,25). The Kier molecular flexibility index (Phi) is 6.38. The van der Waals surface area contributed by atoms with Crippen molar-refractivity contribution in [2.24, 2.45) is 0 Å². The van der Waals surface area contributed by atoms with Crippen molar-refractivity contribution in [3.8, 4) is 11.5 Å². The zero-order chi connectivity index (χ0) is 19.2. The molecule has 0 aliphatic heterocycles. The molecule has 144 valence electrons. The van der Waals surface area contributed by atoms with Crippen LogP contribution in [0.15, 0.2) is 42.5 Å². The molecule has 1 amide bonds. The predicted molar refractivity (Wildman–Crippen MR) is 107 cm³/mol. The van der Waals surface area contributed by atoms with Crippen molar-refractivity contribution in [2.75, 3.05) is 0 Å². The van der Waals surface area contributed by atoms with Crippen LogP contribution in [0.4, 0.5) is 0 Å². The van der Waals surface area contributed by atoms with Gasteiger partial charge < -0.3 is 14.8 Å². The third-order valence-electron chi connectivity index (χ3n) is 4.79. The molecular formula is C23H29NO3. The Labute approximate surface area is 161 Å². The minimum atomic E-state index is -0.526. The van der Waals surface area contributed by atoms with Crippen LogP contribution >= 0.6 is 0 Å². The Morgan fingerprint density at radius 2 is 1.74 bits per heavy atom. The minimum absolute atomic E-state index is 0.106. The number of ether oxygens (including phenoxy) is 2. The second kappa shape index (κ2) is 8.94. The number of carbonyl (C=O) groups is 1. The Hall–Kier alpha value is -2.49. The fourth-order valence-corrected chi connectivity index (χ4v) is 3.39. The van der Waals surface area contributed by atoms with Gasteiger partial charge in [-0.2, -0.15) is 0 Å². The summed E-state index contributed by atoms with van der Waals surface area (Å²) >= 11 is 0. The van der Waals surface area contributed by atoms with Crippen molar-refractivity contribution in [3.05, 3.63) is 59.2 Å². The van der Waals surface area contributed by atoms with Crippen molar-refractivity contribution >= 4 is 5.91 Å². The number of carbonyl (C=O) groups excluding carboxylic acids is 1. The highest BCUT2D eigenvalue weighted by atomic mass is 16.5. The number of nitrogens with one attached hydrogen (secondary N) is 1. The van der Waals surface area contributed by atoms with Crippen molar-refractivity contribution in [1.82, 2.24) is 5.32 Å². The summed E-state index contributed by atoms with van der Waals surface area (Å²) in [6.07, 6.45) is 4.17. The first kappa shape index (κ1) is 19.3. The Morgan fingerprint density at radius 3 is 2.48 bits per heavy atom. The summed E-state index contributed by atoms with van der Waals surface area (Å²) < 4.78 is 11.6. The molecule has 0 aromatic heterocycles. The van der Waals surface area contributed by atoms with E-state index < -0.39 is 6.10 Å². The second-order valence-electron chi connectivity index (χ2n) is 7.39. The Balaban J connectivity index is 1.54. The molecule has 1 aliphatic rings. The van der Waals surface area contributed by atoms with Crippen LogP contribution < -0.4 is 14.8 Å². The van der Waals surface area contributed by atoms with Gasteiger partial charge in [-0.25, -0.2) is 0 Å². The fraction of sp³-hybridized carbons (Fsp3) is 0.435. The van der Waals surface area contributed by atoms with Gasteiger partial charge >= 0.3 is 0 Å². The van der Waals surface area contributed by atoms with Crippen LogP contribution in [0.1, 0.15) is 50.3 Å². The molecule has 0 spiro atoms. The lowest BCUT2D eigenvalue weighted by atomic mass is 9.91. The molecule has 4 heteroatoms. The maximum atomic E-state index is 12.4. The molecule has 0 saturated carbocycles. The quantitative estimate of drug-likeness (QED) is 0.787. The van der Waals surface area contributed by atoms with E-state index in [0.29, 0.717) is 6.54 Å². The second-order valence-corrected chi connectivity index (χ2v) is 7.39. The van der Waals surface area contributed by atoms with Gasteiger partial charge in [0.05, 0.1) is 6.10 Å². The van der Waals surface area contributed by atoms with Gasteiger partial charge in [0, 0.05) is 6.54 Å². The number of fused-ring (bicyclic) bond motifs is 1. The van der Waals surface area contributed by atoms with Crippen LogP contribution in [0.3, 0.4) is 0 Å². The van der Waals surface area contributed by atoms with Gasteiger partial charge in [-0.05, 0) is 81.3 Å².